The van der Waals surface area contributed by atoms with Crippen LogP contribution in [0, 0.1) is 0 Å². The molecule has 0 radical (unpaired) electrons. The smallest absolute Gasteiger partial charge is 0.161 e. The highest BCUT2D eigenvalue weighted by Crippen LogP contribution is 2.18. The number of nitrogens with zero attached hydrogens (tertiary/aromatic N) is 2. The van der Waals surface area contributed by atoms with Crippen molar-refractivity contribution in [1.29, 1.82) is 0 Å². The van der Waals surface area contributed by atoms with Crippen molar-refractivity contribution in [2.45, 2.75) is 6.92 Å². The van der Waals surface area contributed by atoms with E-state index < -0.39 is 0 Å². The zero-order valence-corrected chi connectivity index (χ0v) is 7.75. The van der Waals surface area contributed by atoms with Gasteiger partial charge in [0.1, 0.15) is 0 Å². The normalized spacial score (nSPS) is 10.6. The van der Waals surface area contributed by atoms with Crippen molar-refractivity contribution < 1.29 is 4.79 Å². The van der Waals surface area contributed by atoms with E-state index in [9.17, 15) is 4.79 Å². The number of fused-ring (bicyclic) bond motifs is 1. The Bertz CT molecular complexity index is 475. The molecule has 2 heterocycles. The molecular formula is C9H7ClN2O. The van der Waals surface area contributed by atoms with Gasteiger partial charge in [0.2, 0.25) is 0 Å². The number of carbonyl (C=O) groups excluding carboxylic acids is 1. The van der Waals surface area contributed by atoms with E-state index in [1.165, 1.54) is 6.92 Å². The quantitative estimate of drug-likeness (QED) is 0.653. The number of ketones is 1. The summed E-state index contributed by atoms with van der Waals surface area (Å²) in [6.45, 7) is 1.50. The van der Waals surface area contributed by atoms with Gasteiger partial charge < -0.3 is 0 Å². The Balaban J connectivity index is 2.77. The third-order valence-electron chi connectivity index (χ3n) is 1.87. The van der Waals surface area contributed by atoms with E-state index >= 15 is 0 Å². The molecule has 0 aliphatic rings. The van der Waals surface area contributed by atoms with Crippen LogP contribution in [0.2, 0.25) is 5.02 Å². The molecule has 0 atom stereocenters. The fraction of sp³-hybridized carbons (Fsp3) is 0.111. The molecule has 0 amide bonds. The summed E-state index contributed by atoms with van der Waals surface area (Å²) in [4.78, 5) is 11.1. The molecule has 2 rings (SSSR count). The molecule has 0 spiro atoms. The second-order valence-corrected chi connectivity index (χ2v) is 3.20. The zero-order valence-electron chi connectivity index (χ0n) is 6.99. The SMILES string of the molecule is CC(=O)c1cc(Cl)c2ccnn2c1. The molecule has 13 heavy (non-hydrogen) atoms. The first kappa shape index (κ1) is 8.26. The molecule has 66 valence electrons. The number of halogens is 1. The van der Waals surface area contributed by atoms with E-state index in [2.05, 4.69) is 5.10 Å². The molecule has 0 bridgehead atoms. The predicted molar refractivity (Wildman–Crippen MR) is 50.2 cm³/mol. The lowest BCUT2D eigenvalue weighted by Gasteiger charge is -1.99. The topological polar surface area (TPSA) is 34.4 Å². The minimum absolute atomic E-state index is 0.0145. The summed E-state index contributed by atoms with van der Waals surface area (Å²) in [5.74, 6) is -0.0145. The number of aromatic nitrogens is 2. The van der Waals surface area contributed by atoms with Crippen LogP contribution >= 0.6 is 11.6 Å². The van der Waals surface area contributed by atoms with Crippen LogP contribution in [0.5, 0.6) is 0 Å². The minimum atomic E-state index is -0.0145. The van der Waals surface area contributed by atoms with Gasteiger partial charge in [0.05, 0.1) is 16.7 Å². The van der Waals surface area contributed by atoms with E-state index in [1.807, 2.05) is 0 Å². The largest absolute Gasteiger partial charge is 0.294 e. The molecule has 0 saturated heterocycles. The van der Waals surface area contributed by atoms with E-state index in [4.69, 9.17) is 11.6 Å². The Morgan fingerprint density at radius 1 is 1.62 bits per heavy atom. The van der Waals surface area contributed by atoms with Crippen LogP contribution in [0.4, 0.5) is 0 Å². The maximum atomic E-state index is 11.1. The lowest BCUT2D eigenvalue weighted by Crippen LogP contribution is -1.96. The lowest BCUT2D eigenvalue weighted by atomic mass is 10.2. The Labute approximate surface area is 79.9 Å². The number of carbonyl (C=O) groups is 1. The monoisotopic (exact) mass is 194 g/mol. The van der Waals surface area contributed by atoms with E-state index in [0.717, 1.165) is 5.52 Å². The third kappa shape index (κ3) is 1.31. The average molecular weight is 195 g/mol. The molecule has 0 aromatic carbocycles. The van der Waals surface area contributed by atoms with E-state index in [0.29, 0.717) is 10.6 Å². The highest BCUT2D eigenvalue weighted by molar-refractivity contribution is 6.34. The summed E-state index contributed by atoms with van der Waals surface area (Å²) < 4.78 is 1.60. The highest BCUT2D eigenvalue weighted by Gasteiger charge is 2.05. The molecule has 0 fully saturated rings. The van der Waals surface area contributed by atoms with Gasteiger partial charge in [-0.15, -0.1) is 0 Å². The summed E-state index contributed by atoms with van der Waals surface area (Å²) in [5, 5.41) is 4.55. The van der Waals surface area contributed by atoms with Crippen molar-refractivity contribution in [3.8, 4) is 0 Å². The van der Waals surface area contributed by atoms with Crippen molar-refractivity contribution >= 4 is 22.9 Å². The Hall–Kier alpha value is -1.35. The van der Waals surface area contributed by atoms with Crippen LogP contribution in [0.3, 0.4) is 0 Å². The van der Waals surface area contributed by atoms with E-state index in [-0.39, 0.29) is 5.78 Å². The maximum absolute atomic E-state index is 11.1. The van der Waals surface area contributed by atoms with Gasteiger partial charge in [0.25, 0.3) is 0 Å². The molecule has 0 aliphatic heterocycles. The van der Waals surface area contributed by atoms with Crippen molar-refractivity contribution in [3.05, 3.63) is 35.1 Å². The van der Waals surface area contributed by atoms with Crippen LogP contribution in [0.15, 0.2) is 24.5 Å². The first-order valence-electron chi connectivity index (χ1n) is 3.82. The molecule has 2 aromatic rings. The number of pyridine rings is 1. The molecule has 4 heteroatoms. The fourth-order valence-electron chi connectivity index (χ4n) is 1.18. The van der Waals surface area contributed by atoms with Gasteiger partial charge in [-0.3, -0.25) is 4.79 Å². The molecule has 0 N–H and O–H groups in total. The van der Waals surface area contributed by atoms with Gasteiger partial charge in [0, 0.05) is 11.8 Å². The van der Waals surface area contributed by atoms with Crippen molar-refractivity contribution in [3.63, 3.8) is 0 Å². The standard InChI is InChI=1S/C9H7ClN2O/c1-6(13)7-4-8(10)9-2-3-11-12(9)5-7/h2-5H,1H3. The second-order valence-electron chi connectivity index (χ2n) is 2.79. The van der Waals surface area contributed by atoms with Gasteiger partial charge in [-0.05, 0) is 19.1 Å². The summed E-state index contributed by atoms with van der Waals surface area (Å²) in [6.07, 6.45) is 3.31. The van der Waals surface area contributed by atoms with Crippen molar-refractivity contribution in [1.82, 2.24) is 9.61 Å². The van der Waals surface area contributed by atoms with Gasteiger partial charge in [-0.1, -0.05) is 11.6 Å². The van der Waals surface area contributed by atoms with Gasteiger partial charge in [-0.25, -0.2) is 4.52 Å². The van der Waals surface area contributed by atoms with Crippen LogP contribution in [0.25, 0.3) is 5.52 Å². The van der Waals surface area contributed by atoms with Crippen LogP contribution in [-0.4, -0.2) is 15.4 Å². The zero-order chi connectivity index (χ0) is 9.42. The second kappa shape index (κ2) is 2.85. The van der Waals surface area contributed by atoms with Gasteiger partial charge >= 0.3 is 0 Å². The molecular weight excluding hydrogens is 188 g/mol. The average Bonchev–Trinajstić information content (AvgIpc) is 2.51. The number of rotatable bonds is 1. The van der Waals surface area contributed by atoms with Gasteiger partial charge in [0.15, 0.2) is 5.78 Å². The Morgan fingerprint density at radius 3 is 3.08 bits per heavy atom. The summed E-state index contributed by atoms with van der Waals surface area (Å²) in [5.41, 5.74) is 1.38. The third-order valence-corrected chi connectivity index (χ3v) is 2.17. The van der Waals surface area contributed by atoms with Crippen LogP contribution < -0.4 is 0 Å². The van der Waals surface area contributed by atoms with Crippen molar-refractivity contribution in [2.75, 3.05) is 0 Å². The highest BCUT2D eigenvalue weighted by atomic mass is 35.5. The molecule has 2 aromatic heterocycles. The molecule has 0 aliphatic carbocycles. The molecule has 0 unspecified atom stereocenters. The molecule has 0 saturated carbocycles. The molecule has 3 nitrogen and oxygen atoms in total. The minimum Gasteiger partial charge on any atom is -0.294 e. The summed E-state index contributed by atoms with van der Waals surface area (Å²) in [6, 6.07) is 3.45. The summed E-state index contributed by atoms with van der Waals surface area (Å²) in [7, 11) is 0. The summed E-state index contributed by atoms with van der Waals surface area (Å²) >= 11 is 5.93. The number of hydrogen-bond donors (Lipinski definition) is 0. The number of hydrogen-bond acceptors (Lipinski definition) is 2. The first-order chi connectivity index (χ1) is 6.18. The van der Waals surface area contributed by atoms with Crippen LogP contribution in [-0.2, 0) is 0 Å². The lowest BCUT2D eigenvalue weighted by molar-refractivity contribution is 0.101. The maximum Gasteiger partial charge on any atom is 0.161 e. The van der Waals surface area contributed by atoms with E-state index in [1.54, 1.807) is 29.0 Å². The van der Waals surface area contributed by atoms with Crippen molar-refractivity contribution in [2.24, 2.45) is 0 Å². The fourth-order valence-corrected chi connectivity index (χ4v) is 1.45. The van der Waals surface area contributed by atoms with Crippen LogP contribution in [0.1, 0.15) is 17.3 Å². The predicted octanol–water partition coefficient (Wildman–Crippen LogP) is 2.19. The Morgan fingerprint density at radius 2 is 2.38 bits per heavy atom. The number of Topliss-reactive ketones (excluding diaryl/α,β-unsaturated/α-hetero) is 1. The first-order valence-corrected chi connectivity index (χ1v) is 4.20. The van der Waals surface area contributed by atoms with Gasteiger partial charge in [-0.2, -0.15) is 5.10 Å². The Kier molecular flexibility index (Phi) is 1.81.